The van der Waals surface area contributed by atoms with Crippen molar-refractivity contribution in [3.8, 4) is 0 Å². The molecule has 2 rings (SSSR count). The minimum atomic E-state index is -0.308. The molecule has 1 aromatic rings. The summed E-state index contributed by atoms with van der Waals surface area (Å²) in [4.78, 5) is 10.6. The molecule has 1 aromatic carbocycles. The number of benzene rings is 1. The van der Waals surface area contributed by atoms with Crippen LogP contribution in [0.5, 0.6) is 0 Å². The van der Waals surface area contributed by atoms with Crippen molar-refractivity contribution in [2.75, 3.05) is 0 Å². The van der Waals surface area contributed by atoms with Crippen LogP contribution in [0.4, 0.5) is 5.69 Å². The highest BCUT2D eigenvalue weighted by atomic mass is 16.6. The molecular formula is C14H20N2O2. The van der Waals surface area contributed by atoms with Gasteiger partial charge in [0.1, 0.15) is 0 Å². The zero-order valence-corrected chi connectivity index (χ0v) is 10.8. The van der Waals surface area contributed by atoms with Gasteiger partial charge in [0.15, 0.2) is 0 Å². The van der Waals surface area contributed by atoms with E-state index in [0.717, 1.165) is 11.5 Å². The van der Waals surface area contributed by atoms with Crippen molar-refractivity contribution in [1.82, 2.24) is 5.32 Å². The zero-order valence-electron chi connectivity index (χ0n) is 10.8. The molecule has 0 amide bonds. The standard InChI is InChI=1S/C14H20N2O2/c1-11(12-6-2-3-7-12)15-10-13-8-4-5-9-14(13)16(17)18/h4-5,8-9,11-12,15H,2-3,6-7,10H2,1H3/t11-/m1/s1. The molecule has 18 heavy (non-hydrogen) atoms. The summed E-state index contributed by atoms with van der Waals surface area (Å²) in [6, 6.07) is 7.39. The van der Waals surface area contributed by atoms with Crippen LogP contribution in [-0.4, -0.2) is 11.0 Å². The Morgan fingerprint density at radius 1 is 1.39 bits per heavy atom. The molecule has 1 saturated carbocycles. The van der Waals surface area contributed by atoms with E-state index in [-0.39, 0.29) is 10.6 Å². The van der Waals surface area contributed by atoms with Crippen LogP contribution < -0.4 is 5.32 Å². The second-order valence-corrected chi connectivity index (χ2v) is 5.10. The van der Waals surface area contributed by atoms with Gasteiger partial charge >= 0.3 is 0 Å². The maximum atomic E-state index is 10.9. The van der Waals surface area contributed by atoms with E-state index in [9.17, 15) is 10.1 Å². The first-order valence-corrected chi connectivity index (χ1v) is 6.64. The fourth-order valence-electron chi connectivity index (χ4n) is 2.73. The largest absolute Gasteiger partial charge is 0.310 e. The van der Waals surface area contributed by atoms with Crippen LogP contribution >= 0.6 is 0 Å². The van der Waals surface area contributed by atoms with Gasteiger partial charge in [-0.05, 0) is 25.7 Å². The van der Waals surface area contributed by atoms with Gasteiger partial charge < -0.3 is 5.32 Å². The quantitative estimate of drug-likeness (QED) is 0.642. The van der Waals surface area contributed by atoms with Crippen LogP contribution in [-0.2, 0) is 6.54 Å². The molecule has 4 nitrogen and oxygen atoms in total. The number of hydrogen-bond donors (Lipinski definition) is 1. The van der Waals surface area contributed by atoms with Gasteiger partial charge in [0, 0.05) is 24.2 Å². The van der Waals surface area contributed by atoms with Crippen LogP contribution in [0.3, 0.4) is 0 Å². The molecule has 0 aliphatic heterocycles. The molecule has 4 heteroatoms. The third-order valence-corrected chi connectivity index (χ3v) is 3.91. The number of para-hydroxylation sites is 1. The summed E-state index contributed by atoms with van der Waals surface area (Å²) < 4.78 is 0. The molecule has 98 valence electrons. The van der Waals surface area contributed by atoms with E-state index in [1.165, 1.54) is 25.7 Å². The second kappa shape index (κ2) is 5.96. The minimum Gasteiger partial charge on any atom is -0.310 e. The molecule has 0 unspecified atom stereocenters. The smallest absolute Gasteiger partial charge is 0.273 e. The first-order chi connectivity index (χ1) is 8.68. The zero-order chi connectivity index (χ0) is 13.0. The topological polar surface area (TPSA) is 55.2 Å². The predicted octanol–water partition coefficient (Wildman–Crippen LogP) is 3.26. The summed E-state index contributed by atoms with van der Waals surface area (Å²) in [5.41, 5.74) is 0.982. The third-order valence-electron chi connectivity index (χ3n) is 3.91. The van der Waals surface area contributed by atoms with Crippen LogP contribution in [0.25, 0.3) is 0 Å². The Morgan fingerprint density at radius 3 is 2.72 bits per heavy atom. The minimum absolute atomic E-state index is 0.212. The molecule has 1 fully saturated rings. The van der Waals surface area contributed by atoms with E-state index in [1.54, 1.807) is 12.1 Å². The summed E-state index contributed by atoms with van der Waals surface area (Å²) in [7, 11) is 0. The molecule has 0 heterocycles. The lowest BCUT2D eigenvalue weighted by Gasteiger charge is -2.20. The molecule has 1 N–H and O–H groups in total. The van der Waals surface area contributed by atoms with E-state index in [4.69, 9.17) is 0 Å². The lowest BCUT2D eigenvalue weighted by Crippen LogP contribution is -2.31. The Kier molecular flexibility index (Phi) is 4.31. The Bertz CT molecular complexity index is 414. The lowest BCUT2D eigenvalue weighted by molar-refractivity contribution is -0.385. The van der Waals surface area contributed by atoms with E-state index in [0.29, 0.717) is 12.6 Å². The SMILES string of the molecule is C[C@@H](NCc1ccccc1[N+](=O)[O-])C1CCCC1. The number of nitro benzene ring substituents is 1. The normalized spacial score (nSPS) is 17.8. The van der Waals surface area contributed by atoms with Gasteiger partial charge in [0.05, 0.1) is 4.92 Å². The summed E-state index contributed by atoms with van der Waals surface area (Å²) in [5, 5.41) is 14.3. The molecule has 1 atom stereocenters. The van der Waals surface area contributed by atoms with Crippen molar-refractivity contribution in [2.45, 2.75) is 45.2 Å². The first kappa shape index (κ1) is 13.0. The summed E-state index contributed by atoms with van der Waals surface area (Å²) in [5.74, 6) is 0.729. The highest BCUT2D eigenvalue weighted by Gasteiger charge is 2.21. The number of hydrogen-bond acceptors (Lipinski definition) is 3. The van der Waals surface area contributed by atoms with Crippen LogP contribution in [0.2, 0.25) is 0 Å². The van der Waals surface area contributed by atoms with Crippen molar-refractivity contribution in [1.29, 1.82) is 0 Å². The average molecular weight is 248 g/mol. The van der Waals surface area contributed by atoms with Crippen molar-refractivity contribution in [2.24, 2.45) is 5.92 Å². The van der Waals surface area contributed by atoms with Crippen molar-refractivity contribution in [3.63, 3.8) is 0 Å². The fraction of sp³-hybridized carbons (Fsp3) is 0.571. The third kappa shape index (κ3) is 3.07. The number of nitrogens with zero attached hydrogens (tertiary/aromatic N) is 1. The number of nitrogens with one attached hydrogen (secondary N) is 1. The molecular weight excluding hydrogens is 228 g/mol. The van der Waals surface area contributed by atoms with Crippen LogP contribution in [0, 0.1) is 16.0 Å². The number of nitro groups is 1. The molecule has 1 aliphatic rings. The Labute approximate surface area is 108 Å². The highest BCUT2D eigenvalue weighted by Crippen LogP contribution is 2.28. The molecule has 0 saturated heterocycles. The van der Waals surface area contributed by atoms with Gasteiger partial charge in [-0.15, -0.1) is 0 Å². The fourth-order valence-corrected chi connectivity index (χ4v) is 2.73. The molecule has 1 aliphatic carbocycles. The van der Waals surface area contributed by atoms with E-state index < -0.39 is 0 Å². The van der Waals surface area contributed by atoms with Gasteiger partial charge in [-0.1, -0.05) is 31.0 Å². The van der Waals surface area contributed by atoms with Crippen molar-refractivity contribution < 1.29 is 4.92 Å². The van der Waals surface area contributed by atoms with Gasteiger partial charge in [-0.2, -0.15) is 0 Å². The Morgan fingerprint density at radius 2 is 2.06 bits per heavy atom. The van der Waals surface area contributed by atoms with Crippen molar-refractivity contribution >= 4 is 5.69 Å². The number of rotatable bonds is 5. The van der Waals surface area contributed by atoms with Gasteiger partial charge in [-0.3, -0.25) is 10.1 Å². The molecule has 0 bridgehead atoms. The highest BCUT2D eigenvalue weighted by molar-refractivity contribution is 5.39. The average Bonchev–Trinajstić information content (AvgIpc) is 2.90. The first-order valence-electron chi connectivity index (χ1n) is 6.64. The predicted molar refractivity (Wildman–Crippen MR) is 71.4 cm³/mol. The monoisotopic (exact) mass is 248 g/mol. The van der Waals surface area contributed by atoms with Gasteiger partial charge in [0.2, 0.25) is 0 Å². The summed E-state index contributed by atoms with van der Waals surface area (Å²) >= 11 is 0. The Balaban J connectivity index is 1.95. The van der Waals surface area contributed by atoms with Crippen molar-refractivity contribution in [3.05, 3.63) is 39.9 Å². The second-order valence-electron chi connectivity index (χ2n) is 5.10. The maximum Gasteiger partial charge on any atom is 0.273 e. The molecule has 0 radical (unpaired) electrons. The lowest BCUT2D eigenvalue weighted by atomic mass is 9.99. The van der Waals surface area contributed by atoms with E-state index in [1.807, 2.05) is 12.1 Å². The van der Waals surface area contributed by atoms with Gasteiger partial charge in [-0.25, -0.2) is 0 Å². The van der Waals surface area contributed by atoms with Crippen LogP contribution in [0.1, 0.15) is 38.2 Å². The van der Waals surface area contributed by atoms with E-state index in [2.05, 4.69) is 12.2 Å². The molecule has 0 spiro atoms. The summed E-state index contributed by atoms with van der Waals surface area (Å²) in [6.07, 6.45) is 5.21. The summed E-state index contributed by atoms with van der Waals surface area (Å²) in [6.45, 7) is 2.76. The molecule has 0 aromatic heterocycles. The van der Waals surface area contributed by atoms with E-state index >= 15 is 0 Å². The Hall–Kier alpha value is -1.42. The maximum absolute atomic E-state index is 10.9. The van der Waals surface area contributed by atoms with Gasteiger partial charge in [0.25, 0.3) is 5.69 Å². The van der Waals surface area contributed by atoms with Crippen LogP contribution in [0.15, 0.2) is 24.3 Å².